The van der Waals surface area contributed by atoms with E-state index in [2.05, 4.69) is 41.5 Å². The first-order chi connectivity index (χ1) is 9.58. The molecule has 2 aromatic heterocycles. The summed E-state index contributed by atoms with van der Waals surface area (Å²) in [7, 11) is 0. The van der Waals surface area contributed by atoms with Crippen molar-refractivity contribution < 1.29 is 9.59 Å². The molecule has 2 N–H and O–H groups in total. The highest BCUT2D eigenvalue weighted by Gasteiger charge is 1.94. The van der Waals surface area contributed by atoms with Gasteiger partial charge in [0.2, 0.25) is 11.8 Å². The standard InChI is InChI=1S/2C5H6N4O/c2*1-4(10)7-5-2-3-6-9-8-5/h2*2-3H,1H3,(H,6,7,8,10). The van der Waals surface area contributed by atoms with Gasteiger partial charge in [-0.05, 0) is 10.4 Å². The Morgan fingerprint density at radius 2 is 1.25 bits per heavy atom. The molecule has 0 bridgehead atoms. The molecule has 0 spiro atoms. The van der Waals surface area contributed by atoms with E-state index < -0.39 is 0 Å². The second-order valence-electron chi connectivity index (χ2n) is 3.37. The van der Waals surface area contributed by atoms with Gasteiger partial charge in [-0.3, -0.25) is 9.59 Å². The van der Waals surface area contributed by atoms with E-state index in [1.54, 1.807) is 12.1 Å². The molecule has 2 amide bonds. The molecule has 0 aliphatic rings. The quantitative estimate of drug-likeness (QED) is 0.760. The maximum Gasteiger partial charge on any atom is 0.222 e. The fourth-order valence-corrected chi connectivity index (χ4v) is 0.976. The number of carbonyl (C=O) groups is 2. The molecule has 0 radical (unpaired) electrons. The smallest absolute Gasteiger partial charge is 0.222 e. The molecular weight excluding hydrogens is 264 g/mol. The first-order valence-electron chi connectivity index (χ1n) is 5.42. The predicted octanol–water partition coefficient (Wildman–Crippen LogP) is -0.340. The topological polar surface area (TPSA) is 136 Å². The molecule has 0 atom stereocenters. The second kappa shape index (κ2) is 8.13. The monoisotopic (exact) mass is 276 g/mol. The summed E-state index contributed by atoms with van der Waals surface area (Å²) in [5.41, 5.74) is 0. The summed E-state index contributed by atoms with van der Waals surface area (Å²) in [5, 5.41) is 25.5. The van der Waals surface area contributed by atoms with Gasteiger partial charge in [-0.15, -0.1) is 20.4 Å². The predicted molar refractivity (Wildman–Crippen MR) is 68.3 cm³/mol. The maximum atomic E-state index is 10.4. The van der Waals surface area contributed by atoms with E-state index in [0.29, 0.717) is 11.6 Å². The fraction of sp³-hybridized carbons (Fsp3) is 0.200. The minimum atomic E-state index is -0.166. The third-order valence-corrected chi connectivity index (χ3v) is 1.61. The Balaban J connectivity index is 0.000000200. The van der Waals surface area contributed by atoms with Crippen LogP contribution < -0.4 is 10.6 Å². The van der Waals surface area contributed by atoms with Crippen LogP contribution in [-0.2, 0) is 9.59 Å². The lowest BCUT2D eigenvalue weighted by molar-refractivity contribution is -0.115. The van der Waals surface area contributed by atoms with Crippen molar-refractivity contribution in [2.45, 2.75) is 13.8 Å². The van der Waals surface area contributed by atoms with Crippen LogP contribution in [0.4, 0.5) is 11.6 Å². The summed E-state index contributed by atoms with van der Waals surface area (Å²) in [4.78, 5) is 20.8. The minimum absolute atomic E-state index is 0.166. The number of nitrogens with one attached hydrogen (secondary N) is 2. The van der Waals surface area contributed by atoms with Crippen LogP contribution in [0.1, 0.15) is 13.8 Å². The average molecular weight is 276 g/mol. The van der Waals surface area contributed by atoms with Crippen LogP contribution in [0.3, 0.4) is 0 Å². The molecule has 2 rings (SSSR count). The number of hydrogen-bond donors (Lipinski definition) is 2. The van der Waals surface area contributed by atoms with Gasteiger partial charge in [0.1, 0.15) is 0 Å². The van der Waals surface area contributed by atoms with Crippen molar-refractivity contribution in [1.82, 2.24) is 30.8 Å². The van der Waals surface area contributed by atoms with Crippen LogP contribution in [0, 0.1) is 0 Å². The number of hydrogen-bond acceptors (Lipinski definition) is 8. The third kappa shape index (κ3) is 6.64. The van der Waals surface area contributed by atoms with Crippen molar-refractivity contribution in [3.8, 4) is 0 Å². The van der Waals surface area contributed by atoms with Crippen molar-refractivity contribution in [3.63, 3.8) is 0 Å². The number of aromatic nitrogens is 6. The van der Waals surface area contributed by atoms with Gasteiger partial charge in [0.15, 0.2) is 11.6 Å². The van der Waals surface area contributed by atoms with E-state index in [9.17, 15) is 9.59 Å². The molecule has 0 aromatic carbocycles. The highest BCUT2D eigenvalue weighted by Crippen LogP contribution is 1.95. The van der Waals surface area contributed by atoms with E-state index in [1.807, 2.05) is 0 Å². The second-order valence-corrected chi connectivity index (χ2v) is 3.37. The summed E-state index contributed by atoms with van der Waals surface area (Å²) in [6, 6.07) is 3.13. The Bertz CT molecular complexity index is 496. The highest BCUT2D eigenvalue weighted by atomic mass is 16.2. The average Bonchev–Trinajstić information content (AvgIpc) is 2.40. The molecule has 0 saturated carbocycles. The highest BCUT2D eigenvalue weighted by molar-refractivity contribution is 5.87. The van der Waals surface area contributed by atoms with E-state index in [1.165, 1.54) is 26.2 Å². The zero-order valence-electron chi connectivity index (χ0n) is 10.8. The van der Waals surface area contributed by atoms with Crippen LogP contribution in [0.2, 0.25) is 0 Å². The van der Waals surface area contributed by atoms with E-state index in [0.717, 1.165) is 0 Å². The van der Waals surface area contributed by atoms with Gasteiger partial charge in [-0.2, -0.15) is 0 Å². The summed E-state index contributed by atoms with van der Waals surface area (Å²) >= 11 is 0. The summed E-state index contributed by atoms with van der Waals surface area (Å²) in [6.07, 6.45) is 2.91. The molecule has 0 fully saturated rings. The Labute approximate surface area is 114 Å². The van der Waals surface area contributed by atoms with Crippen molar-refractivity contribution >= 4 is 23.5 Å². The Hall–Kier alpha value is -3.04. The lowest BCUT2D eigenvalue weighted by atomic mass is 10.6. The lowest BCUT2D eigenvalue weighted by Crippen LogP contribution is -2.07. The van der Waals surface area contributed by atoms with Gasteiger partial charge in [-0.25, -0.2) is 0 Å². The van der Waals surface area contributed by atoms with E-state index >= 15 is 0 Å². The lowest BCUT2D eigenvalue weighted by Gasteiger charge is -1.95. The summed E-state index contributed by atoms with van der Waals surface area (Å²) in [5.74, 6) is 0.506. The van der Waals surface area contributed by atoms with Gasteiger partial charge >= 0.3 is 0 Å². The number of carbonyl (C=O) groups excluding carboxylic acids is 2. The molecule has 10 heteroatoms. The number of nitrogens with zero attached hydrogens (tertiary/aromatic N) is 6. The van der Waals surface area contributed by atoms with Crippen molar-refractivity contribution in [3.05, 3.63) is 24.5 Å². The molecule has 2 aromatic rings. The van der Waals surface area contributed by atoms with E-state index in [4.69, 9.17) is 0 Å². The molecule has 0 unspecified atom stereocenters. The zero-order valence-corrected chi connectivity index (χ0v) is 10.8. The fourth-order valence-electron chi connectivity index (χ4n) is 0.976. The van der Waals surface area contributed by atoms with Crippen LogP contribution in [0.5, 0.6) is 0 Å². The Morgan fingerprint density at radius 3 is 1.50 bits per heavy atom. The van der Waals surface area contributed by atoms with Crippen molar-refractivity contribution in [2.24, 2.45) is 0 Å². The normalized spacial score (nSPS) is 8.90. The molecular formula is C10H12N8O2. The van der Waals surface area contributed by atoms with Crippen LogP contribution in [0.25, 0.3) is 0 Å². The summed E-state index contributed by atoms with van der Waals surface area (Å²) in [6.45, 7) is 2.81. The van der Waals surface area contributed by atoms with Crippen LogP contribution >= 0.6 is 0 Å². The Kier molecular flexibility index (Phi) is 6.11. The van der Waals surface area contributed by atoms with Gasteiger partial charge in [-0.1, -0.05) is 0 Å². The van der Waals surface area contributed by atoms with Gasteiger partial charge in [0.05, 0.1) is 12.4 Å². The summed E-state index contributed by atoms with van der Waals surface area (Å²) < 4.78 is 0. The van der Waals surface area contributed by atoms with Crippen molar-refractivity contribution in [1.29, 1.82) is 0 Å². The molecule has 0 saturated heterocycles. The van der Waals surface area contributed by atoms with E-state index in [-0.39, 0.29) is 11.8 Å². The third-order valence-electron chi connectivity index (χ3n) is 1.61. The van der Waals surface area contributed by atoms with Crippen molar-refractivity contribution in [2.75, 3.05) is 10.6 Å². The molecule has 10 nitrogen and oxygen atoms in total. The molecule has 0 aliphatic heterocycles. The first kappa shape index (κ1) is 15.0. The molecule has 20 heavy (non-hydrogen) atoms. The molecule has 104 valence electrons. The zero-order chi connectivity index (χ0) is 14.8. The van der Waals surface area contributed by atoms with Crippen LogP contribution in [0.15, 0.2) is 24.5 Å². The first-order valence-corrected chi connectivity index (χ1v) is 5.42. The maximum absolute atomic E-state index is 10.4. The minimum Gasteiger partial charge on any atom is -0.309 e. The molecule has 2 heterocycles. The number of anilines is 2. The van der Waals surface area contributed by atoms with Gasteiger partial charge < -0.3 is 10.6 Å². The number of amides is 2. The van der Waals surface area contributed by atoms with Gasteiger partial charge in [0.25, 0.3) is 0 Å². The Morgan fingerprint density at radius 1 is 0.850 bits per heavy atom. The van der Waals surface area contributed by atoms with Gasteiger partial charge in [0, 0.05) is 26.0 Å². The van der Waals surface area contributed by atoms with Crippen LogP contribution in [-0.4, -0.2) is 42.6 Å². The SMILES string of the molecule is CC(=O)Nc1ccnnn1.CC(=O)Nc1ccnnn1. The largest absolute Gasteiger partial charge is 0.309 e. The molecule has 0 aliphatic carbocycles. The number of rotatable bonds is 2.